The Bertz CT molecular complexity index is 678. The first-order valence-electron chi connectivity index (χ1n) is 8.08. The van der Waals surface area contributed by atoms with E-state index in [4.69, 9.17) is 0 Å². The van der Waals surface area contributed by atoms with Crippen molar-refractivity contribution in [1.29, 1.82) is 0 Å². The average Bonchev–Trinajstić information content (AvgIpc) is 3.14. The lowest BCUT2D eigenvalue weighted by Gasteiger charge is -2.21. The highest BCUT2D eigenvalue weighted by atomic mass is 79.9. The first-order chi connectivity index (χ1) is 11.5. The molecule has 3 rings (SSSR count). The SMILES string of the molecule is O=C(N[C@H]1CCC[C@H]1C(=O)O)C1CCN(c2ccccc2Br)C1=O. The Morgan fingerprint density at radius 1 is 1.21 bits per heavy atom. The van der Waals surface area contributed by atoms with Gasteiger partial charge in [0.2, 0.25) is 11.8 Å². The van der Waals surface area contributed by atoms with Crippen LogP contribution in [-0.4, -0.2) is 35.5 Å². The number of hydrogen-bond donors (Lipinski definition) is 2. The van der Waals surface area contributed by atoms with Gasteiger partial charge in [-0.05, 0) is 47.3 Å². The van der Waals surface area contributed by atoms with Crippen LogP contribution in [0.5, 0.6) is 0 Å². The smallest absolute Gasteiger partial charge is 0.308 e. The topological polar surface area (TPSA) is 86.7 Å². The van der Waals surface area contributed by atoms with E-state index in [-0.39, 0.29) is 17.9 Å². The van der Waals surface area contributed by atoms with Crippen LogP contribution >= 0.6 is 15.9 Å². The van der Waals surface area contributed by atoms with Crippen LogP contribution in [0.2, 0.25) is 0 Å². The van der Waals surface area contributed by atoms with Crippen LogP contribution in [-0.2, 0) is 14.4 Å². The standard InChI is InChI=1S/C17H19BrN2O4/c18-12-5-1-2-7-14(12)20-9-8-11(16(20)22)15(21)19-13-6-3-4-10(13)17(23)24/h1-2,5,7,10-11,13H,3-4,6,8-9H2,(H,19,21)(H,23,24)/t10-,11?,13+/m1/s1. The average molecular weight is 395 g/mol. The number of nitrogens with one attached hydrogen (secondary N) is 1. The van der Waals surface area contributed by atoms with Gasteiger partial charge in [-0.3, -0.25) is 14.4 Å². The Morgan fingerprint density at radius 3 is 2.67 bits per heavy atom. The molecule has 0 radical (unpaired) electrons. The van der Waals surface area contributed by atoms with Gasteiger partial charge in [-0.1, -0.05) is 18.6 Å². The number of aliphatic carboxylic acids is 1. The quantitative estimate of drug-likeness (QED) is 0.766. The largest absolute Gasteiger partial charge is 0.481 e. The van der Waals surface area contributed by atoms with E-state index in [1.165, 1.54) is 0 Å². The Kier molecular flexibility index (Phi) is 4.89. The van der Waals surface area contributed by atoms with E-state index in [9.17, 15) is 19.5 Å². The zero-order valence-electron chi connectivity index (χ0n) is 13.1. The number of para-hydroxylation sites is 1. The maximum atomic E-state index is 12.6. The van der Waals surface area contributed by atoms with E-state index < -0.39 is 17.8 Å². The van der Waals surface area contributed by atoms with Crippen LogP contribution in [0.4, 0.5) is 5.69 Å². The van der Waals surface area contributed by atoms with Crippen molar-refractivity contribution in [3.8, 4) is 0 Å². The van der Waals surface area contributed by atoms with Crippen molar-refractivity contribution in [2.75, 3.05) is 11.4 Å². The van der Waals surface area contributed by atoms with Gasteiger partial charge in [-0.2, -0.15) is 0 Å². The highest BCUT2D eigenvalue weighted by Crippen LogP contribution is 2.32. The van der Waals surface area contributed by atoms with Crippen molar-refractivity contribution >= 4 is 39.4 Å². The van der Waals surface area contributed by atoms with Crippen molar-refractivity contribution in [3.05, 3.63) is 28.7 Å². The summed E-state index contributed by atoms with van der Waals surface area (Å²) in [5.41, 5.74) is 0.752. The maximum absolute atomic E-state index is 12.6. The highest BCUT2D eigenvalue weighted by molar-refractivity contribution is 9.10. The van der Waals surface area contributed by atoms with Crippen molar-refractivity contribution in [2.45, 2.75) is 31.7 Å². The van der Waals surface area contributed by atoms with Crippen molar-refractivity contribution in [3.63, 3.8) is 0 Å². The lowest BCUT2D eigenvalue weighted by Crippen LogP contribution is -2.45. The monoisotopic (exact) mass is 394 g/mol. The van der Waals surface area contributed by atoms with Gasteiger partial charge in [0.1, 0.15) is 5.92 Å². The molecule has 0 aromatic heterocycles. The molecule has 1 aliphatic heterocycles. The Hall–Kier alpha value is -1.89. The summed E-state index contributed by atoms with van der Waals surface area (Å²) in [7, 11) is 0. The van der Waals surface area contributed by atoms with Gasteiger partial charge in [-0.15, -0.1) is 0 Å². The lowest BCUT2D eigenvalue weighted by atomic mass is 10.0. The molecule has 2 amide bonds. The molecule has 2 fully saturated rings. The van der Waals surface area contributed by atoms with E-state index in [1.807, 2.05) is 24.3 Å². The molecule has 1 aromatic rings. The van der Waals surface area contributed by atoms with Crippen LogP contribution in [0.3, 0.4) is 0 Å². The maximum Gasteiger partial charge on any atom is 0.308 e. The van der Waals surface area contributed by atoms with E-state index >= 15 is 0 Å². The molecule has 0 spiro atoms. The number of carboxylic acids is 1. The highest BCUT2D eigenvalue weighted by Gasteiger charge is 2.41. The summed E-state index contributed by atoms with van der Waals surface area (Å²) in [6.07, 6.45) is 2.44. The van der Waals surface area contributed by atoms with Gasteiger partial charge in [0.15, 0.2) is 0 Å². The molecular formula is C17H19BrN2O4. The first kappa shape index (κ1) is 17.0. The first-order valence-corrected chi connectivity index (χ1v) is 8.87. The van der Waals surface area contributed by atoms with Gasteiger partial charge >= 0.3 is 5.97 Å². The fourth-order valence-electron chi connectivity index (χ4n) is 3.54. The molecule has 3 atom stereocenters. The molecule has 2 N–H and O–H groups in total. The van der Waals surface area contributed by atoms with Crippen molar-refractivity contribution < 1.29 is 19.5 Å². The molecule has 6 nitrogen and oxygen atoms in total. The number of anilines is 1. The number of carbonyl (C=O) groups is 3. The van der Waals surface area contributed by atoms with Crippen LogP contribution in [0.25, 0.3) is 0 Å². The molecule has 1 unspecified atom stereocenters. The lowest BCUT2D eigenvalue weighted by molar-refractivity contribution is -0.142. The number of carbonyl (C=O) groups excluding carboxylic acids is 2. The van der Waals surface area contributed by atoms with Crippen molar-refractivity contribution in [1.82, 2.24) is 5.32 Å². The zero-order valence-corrected chi connectivity index (χ0v) is 14.7. The molecular weight excluding hydrogens is 376 g/mol. The number of halogens is 1. The summed E-state index contributed by atoms with van der Waals surface area (Å²) in [6.45, 7) is 0.479. The van der Waals surface area contributed by atoms with Gasteiger partial charge in [-0.25, -0.2) is 0 Å². The van der Waals surface area contributed by atoms with Crippen LogP contribution in [0.1, 0.15) is 25.7 Å². The number of carboxylic acid groups (broad SMARTS) is 1. The third-order valence-electron chi connectivity index (χ3n) is 4.83. The summed E-state index contributed by atoms with van der Waals surface area (Å²) in [5.74, 6) is -2.76. The van der Waals surface area contributed by atoms with Crippen LogP contribution in [0, 0.1) is 11.8 Å². The van der Waals surface area contributed by atoms with E-state index in [0.717, 1.165) is 16.6 Å². The minimum absolute atomic E-state index is 0.232. The third kappa shape index (κ3) is 3.17. The fourth-order valence-corrected chi connectivity index (χ4v) is 4.04. The number of rotatable bonds is 4. The molecule has 1 heterocycles. The molecule has 1 saturated heterocycles. The van der Waals surface area contributed by atoms with E-state index in [0.29, 0.717) is 25.8 Å². The van der Waals surface area contributed by atoms with Gasteiger partial charge in [0.25, 0.3) is 0 Å². The number of benzene rings is 1. The summed E-state index contributed by atoms with van der Waals surface area (Å²) in [4.78, 5) is 37.9. The van der Waals surface area contributed by atoms with E-state index in [1.54, 1.807) is 4.90 Å². The van der Waals surface area contributed by atoms with E-state index in [2.05, 4.69) is 21.2 Å². The van der Waals surface area contributed by atoms with Gasteiger partial charge in [0.05, 0.1) is 11.6 Å². The Balaban J connectivity index is 1.68. The summed E-state index contributed by atoms with van der Waals surface area (Å²) in [5, 5.41) is 12.0. The molecule has 0 bridgehead atoms. The summed E-state index contributed by atoms with van der Waals surface area (Å²) >= 11 is 3.43. The predicted molar refractivity (Wildman–Crippen MR) is 91.5 cm³/mol. The molecule has 24 heavy (non-hydrogen) atoms. The van der Waals surface area contributed by atoms with Crippen LogP contribution < -0.4 is 10.2 Å². The number of amides is 2. The second-order valence-electron chi connectivity index (χ2n) is 6.27. The predicted octanol–water partition coefficient (Wildman–Crippen LogP) is 2.17. The Morgan fingerprint density at radius 2 is 1.96 bits per heavy atom. The summed E-state index contributed by atoms with van der Waals surface area (Å²) < 4.78 is 0.807. The normalized spacial score (nSPS) is 26.6. The molecule has 1 saturated carbocycles. The summed E-state index contributed by atoms with van der Waals surface area (Å²) in [6, 6.07) is 7.02. The minimum Gasteiger partial charge on any atom is -0.481 e. The van der Waals surface area contributed by atoms with Crippen molar-refractivity contribution in [2.24, 2.45) is 11.8 Å². The second-order valence-corrected chi connectivity index (χ2v) is 7.13. The molecule has 1 aromatic carbocycles. The number of hydrogen-bond acceptors (Lipinski definition) is 3. The number of nitrogens with zero attached hydrogens (tertiary/aromatic N) is 1. The molecule has 2 aliphatic rings. The molecule has 1 aliphatic carbocycles. The minimum atomic E-state index is -0.884. The Labute approximate surface area is 148 Å². The molecule has 128 valence electrons. The zero-order chi connectivity index (χ0) is 17.3. The van der Waals surface area contributed by atoms with Gasteiger partial charge < -0.3 is 15.3 Å². The van der Waals surface area contributed by atoms with Gasteiger partial charge in [0, 0.05) is 17.1 Å². The third-order valence-corrected chi connectivity index (χ3v) is 5.50. The second kappa shape index (κ2) is 6.93. The van der Waals surface area contributed by atoms with Crippen LogP contribution in [0.15, 0.2) is 28.7 Å². The molecule has 7 heteroatoms. The fraction of sp³-hybridized carbons (Fsp3) is 0.471.